The summed E-state index contributed by atoms with van der Waals surface area (Å²) in [5.74, 6) is -0.466. The SMILES string of the molecule is CCC(=O)NC(C)C(=O)N[C@@H](Cc1ccccc1)[C@H](O)CN(CC(C)C)C(=O)OC(C)(C)C. The molecule has 0 bridgehead atoms. The normalized spacial score (nSPS) is 14.2. The van der Waals surface area contributed by atoms with Crippen LogP contribution in [-0.2, 0) is 20.7 Å². The Morgan fingerprint density at radius 3 is 2.15 bits per heavy atom. The molecule has 8 heteroatoms. The fourth-order valence-corrected chi connectivity index (χ4v) is 3.21. The van der Waals surface area contributed by atoms with Crippen LogP contribution in [0.25, 0.3) is 0 Å². The van der Waals surface area contributed by atoms with Crippen molar-refractivity contribution in [3.05, 3.63) is 35.9 Å². The molecule has 0 spiro atoms. The third-order valence-corrected chi connectivity index (χ3v) is 4.83. The van der Waals surface area contributed by atoms with Gasteiger partial charge in [-0.2, -0.15) is 0 Å². The van der Waals surface area contributed by atoms with Crippen LogP contribution in [-0.4, -0.2) is 64.8 Å². The monoisotopic (exact) mass is 463 g/mol. The summed E-state index contributed by atoms with van der Waals surface area (Å²) in [6, 6.07) is 8.07. The zero-order chi connectivity index (χ0) is 25.2. The van der Waals surface area contributed by atoms with Gasteiger partial charge in [0, 0.05) is 13.0 Å². The van der Waals surface area contributed by atoms with Crippen molar-refractivity contribution in [3.8, 4) is 0 Å². The molecule has 1 aromatic rings. The van der Waals surface area contributed by atoms with Crippen molar-refractivity contribution in [2.75, 3.05) is 13.1 Å². The standard InChI is InChI=1S/C25H41N3O5/c1-8-22(30)26-18(4)23(31)27-20(14-19-12-10-9-11-13-19)21(29)16-28(15-17(2)3)24(32)33-25(5,6)7/h9-13,17-18,20-21,29H,8,14-16H2,1-7H3,(H,26,30)(H,27,31)/t18?,20-,21+/m0/s1. The van der Waals surface area contributed by atoms with Crippen LogP contribution in [0.2, 0.25) is 0 Å². The number of aliphatic hydroxyl groups excluding tert-OH is 1. The first-order valence-corrected chi connectivity index (χ1v) is 11.6. The van der Waals surface area contributed by atoms with Crippen LogP contribution in [0.4, 0.5) is 4.79 Å². The Morgan fingerprint density at radius 2 is 1.64 bits per heavy atom. The highest BCUT2D eigenvalue weighted by molar-refractivity contribution is 5.87. The lowest BCUT2D eigenvalue weighted by Gasteiger charge is -2.33. The Morgan fingerprint density at radius 1 is 1.03 bits per heavy atom. The maximum Gasteiger partial charge on any atom is 0.410 e. The van der Waals surface area contributed by atoms with Gasteiger partial charge in [0.25, 0.3) is 0 Å². The number of nitrogens with one attached hydrogen (secondary N) is 2. The van der Waals surface area contributed by atoms with Crippen LogP contribution >= 0.6 is 0 Å². The van der Waals surface area contributed by atoms with Crippen LogP contribution in [0.1, 0.15) is 60.5 Å². The second-order valence-corrected chi connectivity index (χ2v) is 9.79. The minimum atomic E-state index is -1.05. The number of ether oxygens (including phenoxy) is 1. The molecular formula is C25H41N3O5. The average Bonchev–Trinajstić information content (AvgIpc) is 2.71. The summed E-state index contributed by atoms with van der Waals surface area (Å²) in [6.07, 6.45) is -0.919. The van der Waals surface area contributed by atoms with Crippen molar-refractivity contribution >= 4 is 17.9 Å². The predicted octanol–water partition coefficient (Wildman–Crippen LogP) is 2.88. The zero-order valence-corrected chi connectivity index (χ0v) is 21.1. The van der Waals surface area contributed by atoms with E-state index in [1.165, 1.54) is 4.90 Å². The van der Waals surface area contributed by atoms with Gasteiger partial charge in [0.05, 0.1) is 18.7 Å². The van der Waals surface area contributed by atoms with Gasteiger partial charge in [-0.25, -0.2) is 4.79 Å². The third-order valence-electron chi connectivity index (χ3n) is 4.83. The molecule has 0 aliphatic carbocycles. The molecule has 0 aliphatic heterocycles. The highest BCUT2D eigenvalue weighted by Crippen LogP contribution is 2.14. The van der Waals surface area contributed by atoms with Gasteiger partial charge in [-0.05, 0) is 45.6 Å². The lowest BCUT2D eigenvalue weighted by Crippen LogP contribution is -2.55. The highest BCUT2D eigenvalue weighted by Gasteiger charge is 2.30. The van der Waals surface area contributed by atoms with E-state index >= 15 is 0 Å². The van der Waals surface area contributed by atoms with Crippen molar-refractivity contribution < 1.29 is 24.2 Å². The molecule has 0 fully saturated rings. The predicted molar refractivity (Wildman–Crippen MR) is 129 cm³/mol. The summed E-state index contributed by atoms with van der Waals surface area (Å²) in [5.41, 5.74) is 0.266. The molecule has 0 heterocycles. The van der Waals surface area contributed by atoms with E-state index in [9.17, 15) is 19.5 Å². The summed E-state index contributed by atoms with van der Waals surface area (Å²) in [6.45, 7) is 13.0. The maximum atomic E-state index is 12.8. The number of nitrogens with zero attached hydrogens (tertiary/aromatic N) is 1. The fourth-order valence-electron chi connectivity index (χ4n) is 3.21. The molecule has 3 N–H and O–H groups in total. The molecule has 33 heavy (non-hydrogen) atoms. The average molecular weight is 464 g/mol. The minimum Gasteiger partial charge on any atom is -0.444 e. The summed E-state index contributed by atoms with van der Waals surface area (Å²) in [5, 5.41) is 16.6. The molecule has 186 valence electrons. The van der Waals surface area contributed by atoms with Crippen molar-refractivity contribution in [2.45, 2.75) is 85.1 Å². The van der Waals surface area contributed by atoms with Gasteiger partial charge in [-0.1, -0.05) is 51.1 Å². The molecule has 1 unspecified atom stereocenters. The second kappa shape index (κ2) is 13.2. The van der Waals surface area contributed by atoms with Crippen molar-refractivity contribution in [2.24, 2.45) is 5.92 Å². The number of amides is 3. The third kappa shape index (κ3) is 11.2. The second-order valence-electron chi connectivity index (χ2n) is 9.79. The van der Waals surface area contributed by atoms with Gasteiger partial charge in [-0.3, -0.25) is 9.59 Å². The van der Waals surface area contributed by atoms with Crippen LogP contribution in [0, 0.1) is 5.92 Å². The van der Waals surface area contributed by atoms with Crippen molar-refractivity contribution in [1.29, 1.82) is 0 Å². The molecule has 0 aromatic heterocycles. The Labute approximate surface area is 198 Å². The van der Waals surface area contributed by atoms with Gasteiger partial charge in [0.1, 0.15) is 11.6 Å². The lowest BCUT2D eigenvalue weighted by atomic mass is 10.00. The van der Waals surface area contributed by atoms with E-state index in [0.29, 0.717) is 13.0 Å². The first-order valence-electron chi connectivity index (χ1n) is 11.6. The molecule has 0 aliphatic rings. The maximum absolute atomic E-state index is 12.8. The topological polar surface area (TPSA) is 108 Å². The molecule has 0 saturated carbocycles. The van der Waals surface area contributed by atoms with E-state index in [1.807, 2.05) is 44.2 Å². The number of hydrogen-bond acceptors (Lipinski definition) is 5. The number of hydrogen-bond donors (Lipinski definition) is 3. The lowest BCUT2D eigenvalue weighted by molar-refractivity contribution is -0.129. The van der Waals surface area contributed by atoms with Crippen LogP contribution in [0.5, 0.6) is 0 Å². The molecule has 0 saturated heterocycles. The number of benzene rings is 1. The smallest absolute Gasteiger partial charge is 0.410 e. The summed E-state index contributed by atoms with van der Waals surface area (Å²) in [7, 11) is 0. The van der Waals surface area contributed by atoms with Gasteiger partial charge in [-0.15, -0.1) is 0 Å². The number of rotatable bonds is 11. The van der Waals surface area contributed by atoms with Crippen LogP contribution in [0.3, 0.4) is 0 Å². The highest BCUT2D eigenvalue weighted by atomic mass is 16.6. The molecule has 1 aromatic carbocycles. The minimum absolute atomic E-state index is 0.000569. The summed E-state index contributed by atoms with van der Waals surface area (Å²) in [4.78, 5) is 38.7. The molecule has 1 rings (SSSR count). The van der Waals surface area contributed by atoms with Gasteiger partial charge in [0.15, 0.2) is 0 Å². The summed E-state index contributed by atoms with van der Waals surface area (Å²) < 4.78 is 5.52. The summed E-state index contributed by atoms with van der Waals surface area (Å²) >= 11 is 0. The van der Waals surface area contributed by atoms with E-state index in [2.05, 4.69) is 10.6 Å². The zero-order valence-electron chi connectivity index (χ0n) is 21.1. The van der Waals surface area contributed by atoms with E-state index in [1.54, 1.807) is 34.6 Å². The Balaban J connectivity index is 3.04. The van der Waals surface area contributed by atoms with Gasteiger partial charge < -0.3 is 25.4 Å². The van der Waals surface area contributed by atoms with Gasteiger partial charge >= 0.3 is 6.09 Å². The van der Waals surface area contributed by atoms with E-state index in [4.69, 9.17) is 4.74 Å². The number of aliphatic hydroxyl groups is 1. The number of carbonyl (C=O) groups is 3. The Kier molecular flexibility index (Phi) is 11.4. The van der Waals surface area contributed by atoms with E-state index in [0.717, 1.165) is 5.56 Å². The van der Waals surface area contributed by atoms with Crippen LogP contribution in [0.15, 0.2) is 30.3 Å². The molecule has 8 nitrogen and oxygen atoms in total. The fraction of sp³-hybridized carbons (Fsp3) is 0.640. The molecule has 3 atom stereocenters. The Hall–Kier alpha value is -2.61. The quantitative estimate of drug-likeness (QED) is 0.468. The van der Waals surface area contributed by atoms with Crippen molar-refractivity contribution in [1.82, 2.24) is 15.5 Å². The van der Waals surface area contributed by atoms with Crippen molar-refractivity contribution in [3.63, 3.8) is 0 Å². The first kappa shape index (κ1) is 28.4. The largest absolute Gasteiger partial charge is 0.444 e. The van der Waals surface area contributed by atoms with E-state index < -0.39 is 35.8 Å². The van der Waals surface area contributed by atoms with Crippen LogP contribution < -0.4 is 10.6 Å². The van der Waals surface area contributed by atoms with E-state index in [-0.39, 0.29) is 24.8 Å². The molecule has 3 amide bonds. The molecular weight excluding hydrogens is 422 g/mol. The first-order chi connectivity index (χ1) is 15.3. The Bertz CT molecular complexity index is 761. The number of carbonyl (C=O) groups excluding carboxylic acids is 3. The molecule has 0 radical (unpaired) electrons. The van der Waals surface area contributed by atoms with Gasteiger partial charge in [0.2, 0.25) is 11.8 Å².